The van der Waals surface area contributed by atoms with E-state index in [1.165, 1.54) is 0 Å². The third kappa shape index (κ3) is 1.42. The Kier molecular flexibility index (Phi) is 2.02. The number of hydrogen-bond acceptors (Lipinski definition) is 3. The van der Waals surface area contributed by atoms with Gasteiger partial charge in [-0.25, -0.2) is 0 Å². The van der Waals surface area contributed by atoms with Gasteiger partial charge in [-0.1, -0.05) is 24.3 Å². The van der Waals surface area contributed by atoms with E-state index in [1.807, 2.05) is 18.2 Å². The lowest BCUT2D eigenvalue weighted by atomic mass is 9.98. The second-order valence-electron chi connectivity index (χ2n) is 3.02. The van der Waals surface area contributed by atoms with Crippen molar-refractivity contribution in [1.82, 2.24) is 0 Å². The monoisotopic (exact) mass is 177 g/mol. The molecule has 0 aromatic heterocycles. The van der Waals surface area contributed by atoms with Crippen LogP contribution in [0.5, 0.6) is 0 Å². The van der Waals surface area contributed by atoms with E-state index in [4.69, 9.17) is 4.74 Å². The van der Waals surface area contributed by atoms with Gasteiger partial charge in [0, 0.05) is 0 Å². The van der Waals surface area contributed by atoms with Gasteiger partial charge in [0.2, 0.25) is 0 Å². The molecule has 0 saturated heterocycles. The number of carbonyl (C=O) groups is 1. The van der Waals surface area contributed by atoms with E-state index in [0.29, 0.717) is 6.61 Å². The summed E-state index contributed by atoms with van der Waals surface area (Å²) in [5, 5.41) is 10.7. The molecule has 2 rings (SSSR count). The number of aliphatic carboxylic acids is 1. The van der Waals surface area contributed by atoms with Gasteiger partial charge >= 0.3 is 0 Å². The molecule has 0 amide bonds. The van der Waals surface area contributed by atoms with E-state index < -0.39 is 12.1 Å². The van der Waals surface area contributed by atoms with Crippen molar-refractivity contribution in [3.8, 4) is 0 Å². The van der Waals surface area contributed by atoms with E-state index >= 15 is 0 Å². The number of carboxylic acid groups (broad SMARTS) is 1. The van der Waals surface area contributed by atoms with E-state index in [9.17, 15) is 9.90 Å². The Morgan fingerprint density at radius 3 is 3.00 bits per heavy atom. The van der Waals surface area contributed by atoms with Crippen LogP contribution in [0.1, 0.15) is 17.2 Å². The van der Waals surface area contributed by atoms with Crippen molar-refractivity contribution >= 4 is 5.97 Å². The topological polar surface area (TPSA) is 49.4 Å². The van der Waals surface area contributed by atoms with Crippen molar-refractivity contribution in [2.75, 3.05) is 6.61 Å². The highest BCUT2D eigenvalue weighted by Gasteiger charge is 2.20. The highest BCUT2D eigenvalue weighted by Crippen LogP contribution is 2.25. The lowest BCUT2D eigenvalue weighted by Gasteiger charge is -2.26. The zero-order valence-corrected chi connectivity index (χ0v) is 7.03. The molecule has 3 nitrogen and oxygen atoms in total. The molecule has 0 N–H and O–H groups in total. The second kappa shape index (κ2) is 3.18. The second-order valence-corrected chi connectivity index (χ2v) is 3.02. The van der Waals surface area contributed by atoms with Crippen LogP contribution >= 0.6 is 0 Å². The zero-order valence-electron chi connectivity index (χ0n) is 7.03. The Morgan fingerprint density at radius 2 is 2.23 bits per heavy atom. The molecular weight excluding hydrogens is 168 g/mol. The Hall–Kier alpha value is -1.35. The minimum atomic E-state index is -1.16. The summed E-state index contributed by atoms with van der Waals surface area (Å²) in [5.74, 6) is -1.16. The highest BCUT2D eigenvalue weighted by atomic mass is 16.5. The number of benzene rings is 1. The fraction of sp³-hybridized carbons (Fsp3) is 0.300. The molecule has 1 heterocycles. The largest absolute Gasteiger partial charge is 0.547 e. The zero-order chi connectivity index (χ0) is 9.26. The number of ether oxygens (including phenoxy) is 1. The van der Waals surface area contributed by atoms with Gasteiger partial charge in [0.05, 0.1) is 12.6 Å². The van der Waals surface area contributed by atoms with Gasteiger partial charge in [-0.15, -0.1) is 0 Å². The lowest BCUT2D eigenvalue weighted by Crippen LogP contribution is -2.34. The highest BCUT2D eigenvalue weighted by molar-refractivity contribution is 5.73. The molecule has 3 heteroatoms. The van der Waals surface area contributed by atoms with Crippen LogP contribution in [-0.2, 0) is 16.0 Å². The van der Waals surface area contributed by atoms with Gasteiger partial charge in [0.15, 0.2) is 0 Å². The Labute approximate surface area is 76.0 Å². The number of hydrogen-bond donors (Lipinski definition) is 0. The van der Waals surface area contributed by atoms with Crippen LogP contribution in [0.3, 0.4) is 0 Å². The maximum Gasteiger partial charge on any atom is 0.122 e. The molecule has 0 saturated carbocycles. The van der Waals surface area contributed by atoms with Crippen molar-refractivity contribution in [3.63, 3.8) is 0 Å². The third-order valence-electron chi connectivity index (χ3n) is 2.21. The summed E-state index contributed by atoms with van der Waals surface area (Å²) in [7, 11) is 0. The van der Waals surface area contributed by atoms with Crippen molar-refractivity contribution in [2.45, 2.75) is 12.5 Å². The normalized spacial score (nSPS) is 20.8. The van der Waals surface area contributed by atoms with Crippen LogP contribution in [0.15, 0.2) is 24.3 Å². The van der Waals surface area contributed by atoms with E-state index in [-0.39, 0.29) is 0 Å². The van der Waals surface area contributed by atoms with Crippen molar-refractivity contribution in [3.05, 3.63) is 35.4 Å². The standard InChI is InChI=1S/C10H10O3/c11-10(12)9-8-4-2-1-3-7(8)5-6-13-9/h1-4,9H,5-6H2,(H,11,12)/p-1/t9-/m0/s1. The smallest absolute Gasteiger partial charge is 0.122 e. The maximum atomic E-state index is 10.7. The first-order chi connectivity index (χ1) is 6.29. The maximum absolute atomic E-state index is 10.7. The Balaban J connectivity index is 2.42. The number of rotatable bonds is 1. The summed E-state index contributed by atoms with van der Waals surface area (Å²) in [6, 6.07) is 7.41. The molecule has 0 bridgehead atoms. The van der Waals surface area contributed by atoms with Crippen molar-refractivity contribution in [1.29, 1.82) is 0 Å². The van der Waals surface area contributed by atoms with Crippen LogP contribution in [0.2, 0.25) is 0 Å². The number of carbonyl (C=O) groups excluding carboxylic acids is 1. The SMILES string of the molecule is O=C([O-])[C@H]1OCCc2ccccc21. The Bertz CT molecular complexity index is 333. The van der Waals surface area contributed by atoms with Crippen molar-refractivity contribution in [2.24, 2.45) is 0 Å². The summed E-state index contributed by atoms with van der Waals surface area (Å²) in [5.41, 5.74) is 1.77. The molecule has 1 aromatic rings. The minimum absolute atomic E-state index is 0.454. The van der Waals surface area contributed by atoms with E-state index in [0.717, 1.165) is 17.5 Å². The summed E-state index contributed by atoms with van der Waals surface area (Å²) in [6.45, 7) is 0.454. The molecule has 1 atom stereocenters. The first-order valence-corrected chi connectivity index (χ1v) is 4.19. The van der Waals surface area contributed by atoms with Gasteiger partial charge < -0.3 is 14.6 Å². The van der Waals surface area contributed by atoms with Gasteiger partial charge in [0.1, 0.15) is 6.10 Å². The minimum Gasteiger partial charge on any atom is -0.547 e. The molecule has 1 aliphatic rings. The van der Waals surface area contributed by atoms with Crippen LogP contribution < -0.4 is 5.11 Å². The quantitative estimate of drug-likeness (QED) is 0.609. The van der Waals surface area contributed by atoms with Crippen LogP contribution in [0.4, 0.5) is 0 Å². The van der Waals surface area contributed by atoms with E-state index in [1.54, 1.807) is 6.07 Å². The predicted octanol–water partition coefficient (Wildman–Crippen LogP) is 0.0503. The lowest BCUT2D eigenvalue weighted by molar-refractivity contribution is -0.318. The molecule has 0 aliphatic carbocycles. The molecule has 13 heavy (non-hydrogen) atoms. The number of carboxylic acids is 1. The van der Waals surface area contributed by atoms with Gasteiger partial charge in [-0.05, 0) is 17.5 Å². The molecule has 1 aliphatic heterocycles. The molecule has 0 radical (unpaired) electrons. The molecule has 68 valence electrons. The fourth-order valence-electron chi connectivity index (χ4n) is 1.59. The predicted molar refractivity (Wildman–Crippen MR) is 43.8 cm³/mol. The molecule has 0 spiro atoms. The Morgan fingerprint density at radius 1 is 1.46 bits per heavy atom. The average Bonchev–Trinajstić information content (AvgIpc) is 2.17. The summed E-state index contributed by atoms with van der Waals surface area (Å²) >= 11 is 0. The van der Waals surface area contributed by atoms with Crippen molar-refractivity contribution < 1.29 is 14.6 Å². The van der Waals surface area contributed by atoms with Crippen LogP contribution in [0, 0.1) is 0 Å². The third-order valence-corrected chi connectivity index (χ3v) is 2.21. The van der Waals surface area contributed by atoms with Gasteiger partial charge in [0.25, 0.3) is 0 Å². The van der Waals surface area contributed by atoms with Crippen LogP contribution in [0.25, 0.3) is 0 Å². The first-order valence-electron chi connectivity index (χ1n) is 4.19. The van der Waals surface area contributed by atoms with E-state index in [2.05, 4.69) is 0 Å². The molecular formula is C10H9O3-. The summed E-state index contributed by atoms with van der Waals surface area (Å²) < 4.78 is 5.10. The van der Waals surface area contributed by atoms with Crippen LogP contribution in [-0.4, -0.2) is 12.6 Å². The summed E-state index contributed by atoms with van der Waals surface area (Å²) in [4.78, 5) is 10.7. The summed E-state index contributed by atoms with van der Waals surface area (Å²) in [6.07, 6.45) is -0.107. The first kappa shape index (κ1) is 8.26. The molecule has 0 unspecified atom stereocenters. The molecule has 0 fully saturated rings. The van der Waals surface area contributed by atoms with Gasteiger partial charge in [-0.3, -0.25) is 0 Å². The number of fused-ring (bicyclic) bond motifs is 1. The van der Waals surface area contributed by atoms with Gasteiger partial charge in [-0.2, -0.15) is 0 Å². The molecule has 1 aromatic carbocycles. The average molecular weight is 177 g/mol. The fourth-order valence-corrected chi connectivity index (χ4v) is 1.59.